The summed E-state index contributed by atoms with van der Waals surface area (Å²) in [5, 5.41) is 9.03. The average molecular weight is 367 g/mol. The van der Waals surface area contributed by atoms with Crippen LogP contribution in [0.5, 0.6) is 5.75 Å². The Bertz CT molecular complexity index is 804. The molecule has 0 spiro atoms. The number of benzene rings is 2. The molecule has 1 saturated heterocycles. The molecule has 0 aromatic heterocycles. The number of carbonyl (C=O) groups is 1. The summed E-state index contributed by atoms with van der Waals surface area (Å²) in [6.45, 7) is 2.49. The number of hydrogen-bond donors (Lipinski definition) is 0. The molecule has 1 atom stereocenters. The lowest BCUT2D eigenvalue weighted by Crippen LogP contribution is -2.31. The average Bonchev–Trinajstić information content (AvgIpc) is 2.98. The third-order valence-electron chi connectivity index (χ3n) is 4.04. The normalized spacial score (nSPS) is 18.8. The highest BCUT2D eigenvalue weighted by atomic mass is 32.2. The van der Waals surface area contributed by atoms with Crippen molar-refractivity contribution in [3.05, 3.63) is 65.7 Å². The summed E-state index contributed by atoms with van der Waals surface area (Å²) in [6, 6.07) is 17.5. The Labute approximate surface area is 157 Å². The topological polar surface area (TPSA) is 54.3 Å². The van der Waals surface area contributed by atoms with Gasteiger partial charge in [0.05, 0.1) is 25.1 Å². The van der Waals surface area contributed by atoms with Gasteiger partial charge >= 0.3 is 0 Å². The van der Waals surface area contributed by atoms with E-state index in [1.807, 2.05) is 61.5 Å². The third-order valence-corrected chi connectivity index (χ3v) is 5.37. The van der Waals surface area contributed by atoms with Gasteiger partial charge in [0.25, 0.3) is 0 Å². The van der Waals surface area contributed by atoms with Gasteiger partial charge in [0, 0.05) is 0 Å². The van der Waals surface area contributed by atoms with E-state index in [0.717, 1.165) is 23.3 Å². The highest BCUT2D eigenvalue weighted by Crippen LogP contribution is 2.31. The second kappa shape index (κ2) is 8.67. The van der Waals surface area contributed by atoms with Crippen LogP contribution in [0.1, 0.15) is 24.5 Å². The minimum absolute atomic E-state index is 0.0852. The van der Waals surface area contributed by atoms with Gasteiger partial charge in [-0.1, -0.05) is 61.2 Å². The van der Waals surface area contributed by atoms with Crippen LogP contribution in [-0.4, -0.2) is 34.5 Å². The van der Waals surface area contributed by atoms with E-state index in [2.05, 4.69) is 10.2 Å². The highest BCUT2D eigenvalue weighted by molar-refractivity contribution is 8.15. The summed E-state index contributed by atoms with van der Waals surface area (Å²) >= 11 is 1.48. The number of ether oxygens (including phenoxy) is 1. The van der Waals surface area contributed by atoms with Gasteiger partial charge in [-0.15, -0.1) is 5.10 Å². The molecule has 0 saturated carbocycles. The minimum Gasteiger partial charge on any atom is -0.497 e. The maximum absolute atomic E-state index is 12.7. The summed E-state index contributed by atoms with van der Waals surface area (Å²) in [5.41, 5.74) is 2.00. The molecule has 1 amide bonds. The van der Waals surface area contributed by atoms with Gasteiger partial charge in [-0.3, -0.25) is 9.69 Å². The van der Waals surface area contributed by atoms with Crippen LogP contribution >= 0.6 is 11.8 Å². The number of thioether (sulfide) groups is 1. The van der Waals surface area contributed by atoms with E-state index in [-0.39, 0.29) is 11.2 Å². The molecule has 134 valence electrons. The standard InChI is InChI=1S/C20H21N3O2S/c1-3-18-19(24)23(14-16-9-11-17(25-2)12-10-16)20(26-18)22-21-13-15-7-5-4-6-8-15/h4-13,18H,3,14H2,1-2H3/b21-13-,22-20-/t18-/m0/s1. The molecule has 3 rings (SSSR count). The number of hydrogen-bond acceptors (Lipinski definition) is 5. The van der Waals surface area contributed by atoms with Gasteiger partial charge in [0.15, 0.2) is 5.17 Å². The van der Waals surface area contributed by atoms with Crippen molar-refractivity contribution in [3.63, 3.8) is 0 Å². The van der Waals surface area contributed by atoms with E-state index in [0.29, 0.717) is 11.7 Å². The van der Waals surface area contributed by atoms with Gasteiger partial charge in [-0.2, -0.15) is 5.10 Å². The van der Waals surface area contributed by atoms with Crippen LogP contribution in [0, 0.1) is 0 Å². The zero-order valence-corrected chi connectivity index (χ0v) is 15.6. The zero-order valence-electron chi connectivity index (χ0n) is 14.8. The molecule has 5 nitrogen and oxygen atoms in total. The first-order chi connectivity index (χ1) is 12.7. The number of nitrogens with zero attached hydrogens (tertiary/aromatic N) is 3. The zero-order chi connectivity index (χ0) is 18.4. The molecule has 1 fully saturated rings. The second-order valence-electron chi connectivity index (χ2n) is 5.83. The van der Waals surface area contributed by atoms with Crippen molar-refractivity contribution in [1.29, 1.82) is 0 Å². The van der Waals surface area contributed by atoms with E-state index < -0.39 is 0 Å². The summed E-state index contributed by atoms with van der Waals surface area (Å²) < 4.78 is 5.18. The van der Waals surface area contributed by atoms with Gasteiger partial charge in [-0.25, -0.2) is 0 Å². The van der Waals surface area contributed by atoms with Crippen molar-refractivity contribution < 1.29 is 9.53 Å². The maximum atomic E-state index is 12.7. The van der Waals surface area contributed by atoms with E-state index in [9.17, 15) is 4.79 Å². The van der Waals surface area contributed by atoms with E-state index >= 15 is 0 Å². The number of amidine groups is 1. The summed E-state index contributed by atoms with van der Waals surface area (Å²) in [6.07, 6.45) is 2.47. The van der Waals surface area contributed by atoms with Crippen molar-refractivity contribution in [3.8, 4) is 5.75 Å². The van der Waals surface area contributed by atoms with Crippen LogP contribution in [0.3, 0.4) is 0 Å². The Kier molecular flexibility index (Phi) is 6.07. The lowest BCUT2D eigenvalue weighted by Gasteiger charge is -2.16. The first-order valence-corrected chi connectivity index (χ1v) is 9.36. The molecule has 0 aliphatic carbocycles. The molecule has 0 N–H and O–H groups in total. The summed E-state index contributed by atoms with van der Waals surface area (Å²) in [4.78, 5) is 14.4. The van der Waals surface area contributed by atoms with Crippen LogP contribution in [0.15, 0.2) is 64.8 Å². The Morgan fingerprint density at radius 2 is 1.88 bits per heavy atom. The van der Waals surface area contributed by atoms with Crippen LogP contribution in [0.2, 0.25) is 0 Å². The van der Waals surface area contributed by atoms with Crippen molar-refractivity contribution >= 4 is 29.1 Å². The van der Waals surface area contributed by atoms with Crippen molar-refractivity contribution in [2.75, 3.05) is 7.11 Å². The summed E-state index contributed by atoms with van der Waals surface area (Å²) in [5.74, 6) is 0.880. The van der Waals surface area contributed by atoms with Gasteiger partial charge in [0.2, 0.25) is 5.91 Å². The first-order valence-electron chi connectivity index (χ1n) is 8.48. The molecule has 6 heteroatoms. The second-order valence-corrected chi connectivity index (χ2v) is 6.99. The van der Waals surface area contributed by atoms with Crippen LogP contribution in [0.4, 0.5) is 0 Å². The monoisotopic (exact) mass is 367 g/mol. The van der Waals surface area contributed by atoms with Crippen LogP contribution in [0.25, 0.3) is 0 Å². The van der Waals surface area contributed by atoms with Crippen molar-refractivity contribution in [2.24, 2.45) is 10.2 Å². The Morgan fingerprint density at radius 1 is 1.15 bits per heavy atom. The quantitative estimate of drug-likeness (QED) is 0.574. The Hall–Kier alpha value is -2.60. The Balaban J connectivity index is 1.78. The predicted octanol–water partition coefficient (Wildman–Crippen LogP) is 3.94. The Morgan fingerprint density at radius 3 is 2.54 bits per heavy atom. The SMILES string of the molecule is CC[C@@H]1S/C(=N\N=C/c2ccccc2)N(Cc2ccc(OC)cc2)C1=O. The number of amides is 1. The predicted molar refractivity (Wildman–Crippen MR) is 107 cm³/mol. The molecule has 1 aliphatic rings. The molecule has 1 aliphatic heterocycles. The fourth-order valence-electron chi connectivity index (χ4n) is 2.59. The van der Waals surface area contributed by atoms with E-state index in [1.54, 1.807) is 18.2 Å². The molecular weight excluding hydrogens is 346 g/mol. The van der Waals surface area contributed by atoms with Gasteiger partial charge in [-0.05, 0) is 29.7 Å². The number of carbonyl (C=O) groups excluding carboxylic acids is 1. The third kappa shape index (κ3) is 4.32. The van der Waals surface area contributed by atoms with Gasteiger partial charge in [0.1, 0.15) is 5.75 Å². The van der Waals surface area contributed by atoms with E-state index in [1.165, 1.54) is 11.8 Å². The smallest absolute Gasteiger partial charge is 0.242 e. The lowest BCUT2D eigenvalue weighted by molar-refractivity contribution is -0.126. The van der Waals surface area contributed by atoms with Gasteiger partial charge < -0.3 is 4.74 Å². The molecule has 0 radical (unpaired) electrons. The van der Waals surface area contributed by atoms with Crippen LogP contribution in [-0.2, 0) is 11.3 Å². The molecule has 26 heavy (non-hydrogen) atoms. The molecule has 0 bridgehead atoms. The number of methoxy groups -OCH3 is 1. The van der Waals surface area contributed by atoms with E-state index in [4.69, 9.17) is 4.74 Å². The first kappa shape index (κ1) is 18.2. The minimum atomic E-state index is -0.0982. The summed E-state index contributed by atoms with van der Waals surface area (Å²) in [7, 11) is 1.64. The van der Waals surface area contributed by atoms with Crippen molar-refractivity contribution in [2.45, 2.75) is 25.1 Å². The number of rotatable bonds is 6. The molecule has 2 aromatic carbocycles. The van der Waals surface area contributed by atoms with Crippen LogP contribution < -0.4 is 4.74 Å². The lowest BCUT2D eigenvalue weighted by atomic mass is 10.2. The molecule has 0 unspecified atom stereocenters. The highest BCUT2D eigenvalue weighted by Gasteiger charge is 2.36. The molecule has 2 aromatic rings. The largest absolute Gasteiger partial charge is 0.497 e. The fourth-order valence-corrected chi connectivity index (χ4v) is 3.61. The van der Waals surface area contributed by atoms with Crippen molar-refractivity contribution in [1.82, 2.24) is 4.90 Å². The molecule has 1 heterocycles. The fraction of sp³-hybridized carbons (Fsp3) is 0.250. The molecular formula is C20H21N3O2S. The maximum Gasteiger partial charge on any atom is 0.242 e.